The van der Waals surface area contributed by atoms with Crippen LogP contribution < -0.4 is 10.6 Å². The molecule has 1 rings (SSSR count). The number of aliphatic carboxylic acids is 1. The molecule has 2 amide bonds. The maximum atomic E-state index is 11.8. The van der Waals surface area contributed by atoms with E-state index >= 15 is 0 Å². The van der Waals surface area contributed by atoms with Gasteiger partial charge in [-0.3, -0.25) is 14.4 Å². The molecule has 6 heteroatoms. The molecule has 0 unspecified atom stereocenters. The first-order valence-electron chi connectivity index (χ1n) is 7.57. The molecule has 23 heavy (non-hydrogen) atoms. The van der Waals surface area contributed by atoms with E-state index in [1.807, 2.05) is 0 Å². The molecule has 0 radical (unpaired) electrons. The fourth-order valence-electron chi connectivity index (χ4n) is 1.97. The molecule has 0 heterocycles. The van der Waals surface area contributed by atoms with Crippen LogP contribution in [0.1, 0.15) is 50.4 Å². The van der Waals surface area contributed by atoms with Crippen molar-refractivity contribution in [3.63, 3.8) is 0 Å². The van der Waals surface area contributed by atoms with Gasteiger partial charge >= 0.3 is 5.97 Å². The van der Waals surface area contributed by atoms with Gasteiger partial charge in [0.25, 0.3) is 5.91 Å². The highest BCUT2D eigenvalue weighted by atomic mass is 16.4. The molecule has 0 bridgehead atoms. The first-order chi connectivity index (χ1) is 10.7. The summed E-state index contributed by atoms with van der Waals surface area (Å²) < 4.78 is 0. The van der Waals surface area contributed by atoms with Crippen LogP contribution >= 0.6 is 0 Å². The van der Waals surface area contributed by atoms with Gasteiger partial charge in [0.2, 0.25) is 5.91 Å². The minimum atomic E-state index is -1.10. The van der Waals surface area contributed by atoms with Crippen LogP contribution in [0.25, 0.3) is 0 Å². The lowest BCUT2D eigenvalue weighted by Gasteiger charge is -2.17. The van der Waals surface area contributed by atoms with E-state index in [0.29, 0.717) is 17.7 Å². The van der Waals surface area contributed by atoms with Gasteiger partial charge in [0.15, 0.2) is 0 Å². The summed E-state index contributed by atoms with van der Waals surface area (Å²) in [6.07, 6.45) is 2.26. The lowest BCUT2D eigenvalue weighted by molar-refractivity contribution is -0.135. The lowest BCUT2D eigenvalue weighted by Crippen LogP contribution is -2.29. The second-order valence-electron chi connectivity index (χ2n) is 6.62. The molecule has 0 aliphatic heterocycles. The molecule has 0 spiro atoms. The van der Waals surface area contributed by atoms with Crippen molar-refractivity contribution >= 4 is 23.5 Å². The number of anilines is 1. The van der Waals surface area contributed by atoms with E-state index in [1.54, 1.807) is 24.3 Å². The van der Waals surface area contributed by atoms with Crippen LogP contribution in [0.4, 0.5) is 5.69 Å². The van der Waals surface area contributed by atoms with Crippen molar-refractivity contribution < 1.29 is 19.5 Å². The number of rotatable bonds is 7. The Morgan fingerprint density at radius 3 is 2.22 bits per heavy atom. The number of hydrogen-bond donors (Lipinski definition) is 3. The predicted octanol–water partition coefficient (Wildman–Crippen LogP) is 2.66. The zero-order valence-electron chi connectivity index (χ0n) is 13.8. The van der Waals surface area contributed by atoms with Crippen molar-refractivity contribution in [1.82, 2.24) is 5.32 Å². The molecule has 0 atom stereocenters. The van der Waals surface area contributed by atoms with E-state index in [9.17, 15) is 14.4 Å². The van der Waals surface area contributed by atoms with Crippen molar-refractivity contribution in [2.45, 2.75) is 40.0 Å². The number of nitrogens with one attached hydrogen (secondary N) is 2. The van der Waals surface area contributed by atoms with Gasteiger partial charge in [0, 0.05) is 17.7 Å². The van der Waals surface area contributed by atoms with Crippen LogP contribution in [0.2, 0.25) is 0 Å². The van der Waals surface area contributed by atoms with E-state index in [2.05, 4.69) is 31.4 Å². The van der Waals surface area contributed by atoms with Gasteiger partial charge in [0.1, 0.15) is 6.54 Å². The lowest BCUT2D eigenvalue weighted by atomic mass is 9.90. The third kappa shape index (κ3) is 7.99. The summed E-state index contributed by atoms with van der Waals surface area (Å²) in [7, 11) is 0. The number of amides is 2. The second-order valence-corrected chi connectivity index (χ2v) is 6.62. The van der Waals surface area contributed by atoms with Crippen molar-refractivity contribution in [2.24, 2.45) is 5.41 Å². The molecule has 3 N–H and O–H groups in total. The SMILES string of the molecule is CC(C)(C)CCCC(=O)Nc1ccc(C(=O)NCC(=O)O)cc1. The first-order valence-corrected chi connectivity index (χ1v) is 7.57. The maximum Gasteiger partial charge on any atom is 0.322 e. The van der Waals surface area contributed by atoms with E-state index in [4.69, 9.17) is 5.11 Å². The summed E-state index contributed by atoms with van der Waals surface area (Å²) in [4.78, 5) is 33.9. The number of carbonyl (C=O) groups is 3. The minimum Gasteiger partial charge on any atom is -0.480 e. The average molecular weight is 320 g/mol. The molecule has 6 nitrogen and oxygen atoms in total. The van der Waals surface area contributed by atoms with Gasteiger partial charge in [-0.1, -0.05) is 20.8 Å². The maximum absolute atomic E-state index is 11.8. The van der Waals surface area contributed by atoms with Gasteiger partial charge in [0.05, 0.1) is 0 Å². The Morgan fingerprint density at radius 1 is 1.09 bits per heavy atom. The van der Waals surface area contributed by atoms with Crippen molar-refractivity contribution in [1.29, 1.82) is 0 Å². The van der Waals surface area contributed by atoms with E-state index in [0.717, 1.165) is 12.8 Å². The van der Waals surface area contributed by atoms with Crippen LogP contribution in [0.5, 0.6) is 0 Å². The number of carbonyl (C=O) groups excluding carboxylic acids is 2. The zero-order chi connectivity index (χ0) is 17.5. The van der Waals surface area contributed by atoms with E-state index in [1.165, 1.54) is 0 Å². The molecule has 0 aromatic heterocycles. The first kappa shape index (κ1) is 18.7. The Labute approximate surface area is 136 Å². The number of carboxylic acids is 1. The molecule has 126 valence electrons. The topological polar surface area (TPSA) is 95.5 Å². The van der Waals surface area contributed by atoms with Crippen LogP contribution in [-0.2, 0) is 9.59 Å². The quantitative estimate of drug-likeness (QED) is 0.719. The van der Waals surface area contributed by atoms with E-state index in [-0.39, 0.29) is 11.3 Å². The van der Waals surface area contributed by atoms with Crippen LogP contribution in [0.3, 0.4) is 0 Å². The van der Waals surface area contributed by atoms with Gasteiger partial charge in [-0.15, -0.1) is 0 Å². The van der Waals surface area contributed by atoms with Crippen LogP contribution in [0.15, 0.2) is 24.3 Å². The summed E-state index contributed by atoms with van der Waals surface area (Å²) >= 11 is 0. The minimum absolute atomic E-state index is 0.0580. The highest BCUT2D eigenvalue weighted by Crippen LogP contribution is 2.21. The molecule has 0 saturated carbocycles. The predicted molar refractivity (Wildman–Crippen MR) is 88.3 cm³/mol. The summed E-state index contributed by atoms with van der Waals surface area (Å²) in [6.45, 7) is 5.99. The Kier molecular flexibility index (Phi) is 6.75. The van der Waals surface area contributed by atoms with Gasteiger partial charge in [-0.2, -0.15) is 0 Å². The molecule has 0 saturated heterocycles. The number of benzene rings is 1. The Balaban J connectivity index is 2.45. The van der Waals surface area contributed by atoms with Gasteiger partial charge < -0.3 is 15.7 Å². The third-order valence-electron chi connectivity index (χ3n) is 3.16. The standard InChI is InChI=1S/C17H24N2O4/c1-17(2,3)10-4-5-14(20)19-13-8-6-12(7-9-13)16(23)18-11-15(21)22/h6-9H,4-5,10-11H2,1-3H3,(H,18,23)(H,19,20)(H,21,22). The van der Waals surface area contributed by atoms with Crippen molar-refractivity contribution in [2.75, 3.05) is 11.9 Å². The van der Waals surface area contributed by atoms with Crippen LogP contribution in [-0.4, -0.2) is 29.4 Å². The molecular formula is C17H24N2O4. The molecule has 1 aromatic carbocycles. The number of hydrogen-bond acceptors (Lipinski definition) is 3. The number of carboxylic acid groups (broad SMARTS) is 1. The molecule has 1 aromatic rings. The van der Waals surface area contributed by atoms with Gasteiger partial charge in [-0.25, -0.2) is 0 Å². The normalized spacial score (nSPS) is 10.9. The van der Waals surface area contributed by atoms with Crippen LogP contribution in [0, 0.1) is 5.41 Å². The summed E-state index contributed by atoms with van der Waals surface area (Å²) in [5.74, 6) is -1.62. The Hall–Kier alpha value is -2.37. The fourth-order valence-corrected chi connectivity index (χ4v) is 1.97. The zero-order valence-corrected chi connectivity index (χ0v) is 13.8. The highest BCUT2D eigenvalue weighted by Gasteiger charge is 2.11. The smallest absolute Gasteiger partial charge is 0.322 e. The molecular weight excluding hydrogens is 296 g/mol. The molecule has 0 aliphatic carbocycles. The second kappa shape index (κ2) is 8.31. The summed E-state index contributed by atoms with van der Waals surface area (Å²) in [5, 5.41) is 13.6. The largest absolute Gasteiger partial charge is 0.480 e. The fraction of sp³-hybridized carbons (Fsp3) is 0.471. The third-order valence-corrected chi connectivity index (χ3v) is 3.16. The molecule has 0 fully saturated rings. The Bertz CT molecular complexity index is 559. The summed E-state index contributed by atoms with van der Waals surface area (Å²) in [6, 6.07) is 6.33. The Morgan fingerprint density at radius 2 is 1.70 bits per heavy atom. The molecule has 0 aliphatic rings. The van der Waals surface area contributed by atoms with Crippen molar-refractivity contribution in [3.05, 3.63) is 29.8 Å². The monoisotopic (exact) mass is 320 g/mol. The summed E-state index contributed by atoms with van der Waals surface area (Å²) in [5.41, 5.74) is 1.17. The highest BCUT2D eigenvalue weighted by molar-refractivity contribution is 5.97. The van der Waals surface area contributed by atoms with E-state index < -0.39 is 18.4 Å². The average Bonchev–Trinajstić information content (AvgIpc) is 2.44. The van der Waals surface area contributed by atoms with Crippen molar-refractivity contribution in [3.8, 4) is 0 Å². The van der Waals surface area contributed by atoms with Gasteiger partial charge in [-0.05, 0) is 42.5 Å².